The lowest BCUT2D eigenvalue weighted by Crippen LogP contribution is -2.21. The van der Waals surface area contributed by atoms with Crippen LogP contribution in [0.1, 0.15) is 5.69 Å². The molecule has 0 fully saturated rings. The van der Waals surface area contributed by atoms with E-state index in [0.717, 1.165) is 11.4 Å². The SMILES string of the molecule is CN(Cc1cc(=O)n2ccccc2n1)c1ccc(Oc2ccccn2)cc1. The molecule has 0 spiro atoms. The van der Waals surface area contributed by atoms with Crippen LogP contribution in [0.2, 0.25) is 0 Å². The maximum atomic E-state index is 12.2. The Morgan fingerprint density at radius 1 is 1.04 bits per heavy atom. The van der Waals surface area contributed by atoms with E-state index in [1.165, 1.54) is 4.40 Å². The van der Waals surface area contributed by atoms with Crippen molar-refractivity contribution in [3.8, 4) is 11.6 Å². The molecule has 0 radical (unpaired) electrons. The molecular weight excluding hydrogens is 340 g/mol. The van der Waals surface area contributed by atoms with Crippen LogP contribution >= 0.6 is 0 Å². The molecule has 3 heterocycles. The van der Waals surface area contributed by atoms with Crippen LogP contribution in [0.15, 0.2) is 83.9 Å². The Morgan fingerprint density at radius 3 is 2.63 bits per heavy atom. The van der Waals surface area contributed by atoms with Gasteiger partial charge in [0.1, 0.15) is 11.4 Å². The highest BCUT2D eigenvalue weighted by Crippen LogP contribution is 2.23. The topological polar surface area (TPSA) is 59.7 Å². The summed E-state index contributed by atoms with van der Waals surface area (Å²) in [4.78, 5) is 23.0. The van der Waals surface area contributed by atoms with E-state index < -0.39 is 0 Å². The largest absolute Gasteiger partial charge is 0.439 e. The van der Waals surface area contributed by atoms with Crippen LogP contribution in [-0.2, 0) is 6.54 Å². The second-order valence-corrected chi connectivity index (χ2v) is 6.13. The van der Waals surface area contributed by atoms with Crippen molar-refractivity contribution in [3.05, 3.63) is 95.2 Å². The summed E-state index contributed by atoms with van der Waals surface area (Å²) in [6.07, 6.45) is 3.41. The lowest BCUT2D eigenvalue weighted by Gasteiger charge is -2.19. The molecule has 1 aromatic carbocycles. The number of ether oxygens (including phenoxy) is 1. The molecule has 6 heteroatoms. The zero-order valence-electron chi connectivity index (χ0n) is 14.8. The van der Waals surface area contributed by atoms with Gasteiger partial charge in [-0.25, -0.2) is 9.97 Å². The Bertz CT molecular complexity index is 1110. The van der Waals surface area contributed by atoms with Crippen molar-refractivity contribution in [1.82, 2.24) is 14.4 Å². The summed E-state index contributed by atoms with van der Waals surface area (Å²) in [5, 5.41) is 0. The van der Waals surface area contributed by atoms with Gasteiger partial charge in [0, 0.05) is 37.3 Å². The molecule has 4 aromatic rings. The summed E-state index contributed by atoms with van der Waals surface area (Å²) < 4.78 is 7.24. The molecule has 134 valence electrons. The predicted octanol–water partition coefficient (Wildman–Crippen LogP) is 3.52. The Morgan fingerprint density at radius 2 is 1.85 bits per heavy atom. The third-order valence-electron chi connectivity index (χ3n) is 4.16. The molecule has 0 saturated heterocycles. The Labute approximate surface area is 156 Å². The van der Waals surface area contributed by atoms with Crippen LogP contribution in [-0.4, -0.2) is 21.4 Å². The molecule has 0 unspecified atom stereocenters. The van der Waals surface area contributed by atoms with Crippen LogP contribution in [0.5, 0.6) is 11.6 Å². The van der Waals surface area contributed by atoms with Gasteiger partial charge in [-0.2, -0.15) is 0 Å². The lowest BCUT2D eigenvalue weighted by molar-refractivity contribution is 0.463. The van der Waals surface area contributed by atoms with E-state index in [2.05, 4.69) is 9.97 Å². The number of pyridine rings is 2. The molecule has 4 rings (SSSR count). The second kappa shape index (κ2) is 7.29. The van der Waals surface area contributed by atoms with E-state index in [9.17, 15) is 4.79 Å². The molecule has 3 aromatic heterocycles. The predicted molar refractivity (Wildman–Crippen MR) is 104 cm³/mol. The maximum absolute atomic E-state index is 12.2. The van der Waals surface area contributed by atoms with E-state index in [1.54, 1.807) is 18.5 Å². The van der Waals surface area contributed by atoms with E-state index in [0.29, 0.717) is 23.8 Å². The van der Waals surface area contributed by atoms with Gasteiger partial charge >= 0.3 is 0 Å². The van der Waals surface area contributed by atoms with Crippen molar-refractivity contribution in [2.24, 2.45) is 0 Å². The fourth-order valence-corrected chi connectivity index (χ4v) is 2.82. The van der Waals surface area contributed by atoms with Crippen molar-refractivity contribution >= 4 is 11.3 Å². The number of aromatic nitrogens is 3. The van der Waals surface area contributed by atoms with Gasteiger partial charge in [0.25, 0.3) is 5.56 Å². The Balaban J connectivity index is 1.50. The highest BCUT2D eigenvalue weighted by molar-refractivity contribution is 5.49. The van der Waals surface area contributed by atoms with Gasteiger partial charge in [0.15, 0.2) is 0 Å². The highest BCUT2D eigenvalue weighted by atomic mass is 16.5. The van der Waals surface area contributed by atoms with E-state index in [-0.39, 0.29) is 5.56 Å². The minimum absolute atomic E-state index is 0.0805. The third kappa shape index (κ3) is 3.79. The number of nitrogens with zero attached hydrogens (tertiary/aromatic N) is 4. The van der Waals surface area contributed by atoms with Gasteiger partial charge in [0.05, 0.1) is 12.2 Å². The van der Waals surface area contributed by atoms with Crippen LogP contribution in [0, 0.1) is 0 Å². The molecule has 0 aliphatic heterocycles. The summed E-state index contributed by atoms with van der Waals surface area (Å²) in [7, 11) is 1.96. The third-order valence-corrected chi connectivity index (χ3v) is 4.16. The molecule has 0 amide bonds. The molecule has 0 bridgehead atoms. The summed E-state index contributed by atoms with van der Waals surface area (Å²) in [6.45, 7) is 0.529. The molecule has 27 heavy (non-hydrogen) atoms. The van der Waals surface area contributed by atoms with Crippen molar-refractivity contribution in [3.63, 3.8) is 0 Å². The monoisotopic (exact) mass is 358 g/mol. The van der Waals surface area contributed by atoms with Gasteiger partial charge in [-0.05, 0) is 42.5 Å². The molecule has 0 aliphatic rings. The zero-order chi connectivity index (χ0) is 18.6. The lowest BCUT2D eigenvalue weighted by atomic mass is 10.2. The first-order valence-electron chi connectivity index (χ1n) is 8.56. The number of anilines is 1. The quantitative estimate of drug-likeness (QED) is 0.546. The van der Waals surface area contributed by atoms with Crippen molar-refractivity contribution in [2.45, 2.75) is 6.54 Å². The standard InChI is InChI=1S/C21H18N4O2/c1-24(15-16-14-21(26)25-13-5-3-6-19(25)23-16)17-8-10-18(11-9-17)27-20-7-2-4-12-22-20/h2-14H,15H2,1H3. The Hall–Kier alpha value is -3.67. The number of hydrogen-bond acceptors (Lipinski definition) is 5. The summed E-state index contributed by atoms with van der Waals surface area (Å²) in [5.74, 6) is 1.27. The average Bonchev–Trinajstić information content (AvgIpc) is 2.69. The first kappa shape index (κ1) is 16.8. The summed E-state index contributed by atoms with van der Waals surface area (Å²) >= 11 is 0. The molecule has 0 N–H and O–H groups in total. The van der Waals surface area contributed by atoms with Crippen LogP contribution in [0.25, 0.3) is 5.65 Å². The summed E-state index contributed by atoms with van der Waals surface area (Å²) in [5.41, 5.74) is 2.29. The van der Waals surface area contributed by atoms with Gasteiger partial charge < -0.3 is 9.64 Å². The Kier molecular flexibility index (Phi) is 4.53. The molecule has 0 aliphatic carbocycles. The maximum Gasteiger partial charge on any atom is 0.258 e. The van der Waals surface area contributed by atoms with Crippen molar-refractivity contribution in [1.29, 1.82) is 0 Å². The smallest absolute Gasteiger partial charge is 0.258 e. The highest BCUT2D eigenvalue weighted by Gasteiger charge is 2.07. The van der Waals surface area contributed by atoms with Crippen LogP contribution in [0.3, 0.4) is 0 Å². The van der Waals surface area contributed by atoms with Crippen LogP contribution in [0.4, 0.5) is 5.69 Å². The molecule has 0 saturated carbocycles. The van der Waals surface area contributed by atoms with Gasteiger partial charge in [-0.3, -0.25) is 9.20 Å². The number of hydrogen-bond donors (Lipinski definition) is 0. The first-order valence-corrected chi connectivity index (χ1v) is 8.56. The van der Waals surface area contributed by atoms with Gasteiger partial charge in [-0.15, -0.1) is 0 Å². The average molecular weight is 358 g/mol. The number of fused-ring (bicyclic) bond motifs is 1. The van der Waals surface area contributed by atoms with E-state index >= 15 is 0 Å². The summed E-state index contributed by atoms with van der Waals surface area (Å²) in [6, 6.07) is 20.3. The molecular formula is C21H18N4O2. The number of rotatable bonds is 5. The van der Waals surface area contributed by atoms with Gasteiger partial charge in [-0.1, -0.05) is 12.1 Å². The fourth-order valence-electron chi connectivity index (χ4n) is 2.82. The normalized spacial score (nSPS) is 10.7. The van der Waals surface area contributed by atoms with Crippen molar-refractivity contribution in [2.75, 3.05) is 11.9 Å². The number of benzene rings is 1. The molecule has 0 atom stereocenters. The zero-order valence-corrected chi connectivity index (χ0v) is 14.8. The first-order chi connectivity index (χ1) is 13.2. The molecule has 6 nitrogen and oxygen atoms in total. The van der Waals surface area contributed by atoms with Crippen LogP contribution < -0.4 is 15.2 Å². The van der Waals surface area contributed by atoms with Crippen molar-refractivity contribution < 1.29 is 4.74 Å². The van der Waals surface area contributed by atoms with E-state index in [1.807, 2.05) is 72.6 Å². The minimum atomic E-state index is -0.0805. The second-order valence-electron chi connectivity index (χ2n) is 6.13. The fraction of sp³-hybridized carbons (Fsp3) is 0.0952. The van der Waals surface area contributed by atoms with E-state index in [4.69, 9.17) is 4.74 Å². The minimum Gasteiger partial charge on any atom is -0.439 e. The van der Waals surface area contributed by atoms with Gasteiger partial charge in [0.2, 0.25) is 5.88 Å².